The standard InChI is InChI=1S/C26H26N2O3/c1-25(2,3)22-13-18-11-16(10-17(6-9-27)24(18)28-22)12-23(29)26(7-8-26)19-4-5-20-21(14-19)31-15-30-20/h4-5,10-11,13-14,28H,7-8,12,15,27H2,1-3H3. The van der Waals surface area contributed by atoms with E-state index in [1.807, 2.05) is 24.3 Å². The SMILES string of the molecule is CC(C)(C)c1cc2cc(CC(=O)C3(c4ccc5c(c4)OCO5)CC3)cc(C#CN)c2[nH]1. The number of fused-ring (bicyclic) bond motifs is 2. The number of ether oxygens (including phenoxy) is 2. The minimum atomic E-state index is -0.426. The van der Waals surface area contributed by atoms with Crippen LogP contribution in [0.4, 0.5) is 0 Å². The van der Waals surface area contributed by atoms with Crippen molar-refractivity contribution in [3.05, 3.63) is 58.8 Å². The number of rotatable bonds is 4. The molecule has 2 aliphatic rings. The predicted octanol–water partition coefficient (Wildman–Crippen LogP) is 4.31. The van der Waals surface area contributed by atoms with Crippen molar-refractivity contribution in [2.45, 2.75) is 50.9 Å². The van der Waals surface area contributed by atoms with Gasteiger partial charge < -0.3 is 20.2 Å². The highest BCUT2D eigenvalue weighted by Gasteiger charge is 2.50. The largest absolute Gasteiger partial charge is 0.454 e. The van der Waals surface area contributed by atoms with Gasteiger partial charge >= 0.3 is 0 Å². The van der Waals surface area contributed by atoms with E-state index in [4.69, 9.17) is 15.2 Å². The number of nitrogens with one attached hydrogen (secondary N) is 1. The molecular formula is C26H26N2O3. The fourth-order valence-electron chi connectivity index (χ4n) is 4.39. The van der Waals surface area contributed by atoms with E-state index in [1.54, 1.807) is 0 Å². The summed E-state index contributed by atoms with van der Waals surface area (Å²) in [5.41, 5.74) is 9.99. The van der Waals surface area contributed by atoms with Gasteiger partial charge in [0.2, 0.25) is 6.79 Å². The molecule has 5 heteroatoms. The van der Waals surface area contributed by atoms with Crippen molar-refractivity contribution in [1.29, 1.82) is 0 Å². The van der Waals surface area contributed by atoms with Crippen molar-refractivity contribution in [1.82, 2.24) is 4.98 Å². The molecule has 1 aromatic heterocycles. The van der Waals surface area contributed by atoms with E-state index < -0.39 is 5.41 Å². The first-order chi connectivity index (χ1) is 14.8. The van der Waals surface area contributed by atoms with E-state index in [9.17, 15) is 4.79 Å². The summed E-state index contributed by atoms with van der Waals surface area (Å²) in [7, 11) is 0. The number of aromatic nitrogens is 1. The van der Waals surface area contributed by atoms with Crippen LogP contribution in [0.5, 0.6) is 11.5 Å². The molecule has 5 rings (SSSR count). The van der Waals surface area contributed by atoms with Crippen LogP contribution >= 0.6 is 0 Å². The predicted molar refractivity (Wildman–Crippen MR) is 120 cm³/mol. The van der Waals surface area contributed by atoms with Crippen LogP contribution in [0, 0.1) is 12.0 Å². The van der Waals surface area contributed by atoms with Gasteiger partial charge in [0.25, 0.3) is 0 Å². The quantitative estimate of drug-likeness (QED) is 0.493. The smallest absolute Gasteiger partial charge is 0.231 e. The van der Waals surface area contributed by atoms with Crippen LogP contribution in [0.1, 0.15) is 56.0 Å². The highest BCUT2D eigenvalue weighted by Crippen LogP contribution is 2.51. The summed E-state index contributed by atoms with van der Waals surface area (Å²) in [6.45, 7) is 6.73. The van der Waals surface area contributed by atoms with Crippen molar-refractivity contribution in [3.8, 4) is 23.5 Å². The number of hydrogen-bond acceptors (Lipinski definition) is 4. The average molecular weight is 415 g/mol. The molecule has 3 aromatic rings. The highest BCUT2D eigenvalue weighted by molar-refractivity contribution is 5.96. The first-order valence-corrected chi connectivity index (χ1v) is 10.6. The molecule has 31 heavy (non-hydrogen) atoms. The average Bonchev–Trinajstić information content (AvgIpc) is 3.18. The van der Waals surface area contributed by atoms with Gasteiger partial charge in [-0.05, 0) is 60.2 Å². The van der Waals surface area contributed by atoms with Crippen molar-refractivity contribution in [2.24, 2.45) is 5.73 Å². The van der Waals surface area contributed by atoms with Crippen LogP contribution in [0.2, 0.25) is 0 Å². The molecule has 1 aliphatic heterocycles. The number of H-pyrrole nitrogens is 1. The lowest BCUT2D eigenvalue weighted by atomic mass is 9.87. The lowest BCUT2D eigenvalue weighted by molar-refractivity contribution is -0.120. The summed E-state index contributed by atoms with van der Waals surface area (Å²) in [5.74, 6) is 4.69. The Balaban J connectivity index is 1.48. The Bertz CT molecular complexity index is 1260. The Labute approximate surface area is 181 Å². The summed E-state index contributed by atoms with van der Waals surface area (Å²) in [4.78, 5) is 16.9. The number of carbonyl (C=O) groups excluding carboxylic acids is 1. The topological polar surface area (TPSA) is 77.3 Å². The first-order valence-electron chi connectivity index (χ1n) is 10.6. The molecule has 1 aliphatic carbocycles. The minimum absolute atomic E-state index is 0.0140. The zero-order chi connectivity index (χ0) is 21.8. The molecule has 1 saturated carbocycles. The summed E-state index contributed by atoms with van der Waals surface area (Å²) in [6, 6.07) is 14.6. The van der Waals surface area contributed by atoms with Gasteiger partial charge in [-0.2, -0.15) is 0 Å². The lowest BCUT2D eigenvalue weighted by Gasteiger charge is -2.15. The number of hydrogen-bond donors (Lipinski definition) is 2. The van der Waals surface area contributed by atoms with E-state index >= 15 is 0 Å². The maximum Gasteiger partial charge on any atom is 0.231 e. The van der Waals surface area contributed by atoms with Crippen molar-refractivity contribution in [2.75, 3.05) is 6.79 Å². The van der Waals surface area contributed by atoms with Gasteiger partial charge in [-0.25, -0.2) is 0 Å². The molecule has 0 radical (unpaired) electrons. The van der Waals surface area contributed by atoms with Crippen molar-refractivity contribution in [3.63, 3.8) is 0 Å². The first kappa shape index (κ1) is 19.6. The third-order valence-electron chi connectivity index (χ3n) is 6.38. The number of aromatic amines is 1. The number of benzene rings is 2. The highest BCUT2D eigenvalue weighted by atomic mass is 16.7. The van der Waals surface area contributed by atoms with Gasteiger partial charge in [0.15, 0.2) is 11.5 Å². The molecule has 158 valence electrons. The van der Waals surface area contributed by atoms with E-state index in [0.29, 0.717) is 6.42 Å². The maximum absolute atomic E-state index is 13.4. The Morgan fingerprint density at radius 2 is 1.90 bits per heavy atom. The molecule has 1 fully saturated rings. The van der Waals surface area contributed by atoms with Crippen LogP contribution in [0.3, 0.4) is 0 Å². The molecule has 5 nitrogen and oxygen atoms in total. The van der Waals surface area contributed by atoms with E-state index in [-0.39, 0.29) is 18.0 Å². The maximum atomic E-state index is 13.4. The summed E-state index contributed by atoms with van der Waals surface area (Å²) in [5, 5.41) is 1.06. The van der Waals surface area contributed by atoms with E-state index in [1.165, 1.54) is 0 Å². The molecule has 0 amide bonds. The number of nitrogens with two attached hydrogens (primary N) is 1. The molecule has 0 unspecified atom stereocenters. The van der Waals surface area contributed by atoms with Crippen LogP contribution < -0.4 is 15.2 Å². The molecule has 3 N–H and O–H groups in total. The molecular weight excluding hydrogens is 388 g/mol. The van der Waals surface area contributed by atoms with Gasteiger partial charge in [0.05, 0.1) is 16.5 Å². The molecule has 2 heterocycles. The molecule has 2 aromatic carbocycles. The van der Waals surface area contributed by atoms with Gasteiger partial charge in [-0.3, -0.25) is 4.79 Å². The lowest BCUT2D eigenvalue weighted by Crippen LogP contribution is -2.22. The second-order valence-corrected chi connectivity index (χ2v) is 9.56. The van der Waals surface area contributed by atoms with Gasteiger partial charge in [-0.1, -0.05) is 26.8 Å². The van der Waals surface area contributed by atoms with Crippen molar-refractivity contribution >= 4 is 16.7 Å². The van der Waals surface area contributed by atoms with Crippen molar-refractivity contribution < 1.29 is 14.3 Å². The fraction of sp³-hybridized carbons (Fsp3) is 0.346. The van der Waals surface area contributed by atoms with Crippen LogP contribution in [0.15, 0.2) is 36.4 Å². The van der Waals surface area contributed by atoms with Crippen LogP contribution in [-0.2, 0) is 22.0 Å². The molecule has 0 bridgehead atoms. The van der Waals surface area contributed by atoms with E-state index in [2.05, 4.69) is 49.9 Å². The Morgan fingerprint density at radius 3 is 2.61 bits per heavy atom. The fourth-order valence-corrected chi connectivity index (χ4v) is 4.39. The van der Waals surface area contributed by atoms with Gasteiger partial charge in [-0.15, -0.1) is 0 Å². The third kappa shape index (κ3) is 3.33. The molecule has 0 spiro atoms. The molecule has 0 atom stereocenters. The Morgan fingerprint density at radius 1 is 1.13 bits per heavy atom. The van der Waals surface area contributed by atoms with Gasteiger partial charge in [0.1, 0.15) is 5.78 Å². The van der Waals surface area contributed by atoms with Crippen LogP contribution in [-0.4, -0.2) is 17.6 Å². The van der Waals surface area contributed by atoms with Crippen LogP contribution in [0.25, 0.3) is 10.9 Å². The second-order valence-electron chi connectivity index (χ2n) is 9.56. The number of carbonyl (C=O) groups is 1. The van der Waals surface area contributed by atoms with Gasteiger partial charge in [0, 0.05) is 29.0 Å². The zero-order valence-electron chi connectivity index (χ0n) is 18.1. The number of ketones is 1. The molecule has 0 saturated heterocycles. The normalized spacial score (nSPS) is 16.1. The Kier molecular flexibility index (Phi) is 4.30. The monoisotopic (exact) mass is 414 g/mol. The summed E-state index contributed by atoms with van der Waals surface area (Å²) < 4.78 is 10.9. The third-order valence-corrected chi connectivity index (χ3v) is 6.38. The van der Waals surface area contributed by atoms with E-state index in [0.717, 1.165) is 57.6 Å². The summed E-state index contributed by atoms with van der Waals surface area (Å²) >= 11 is 0. The zero-order valence-corrected chi connectivity index (χ0v) is 18.1. The minimum Gasteiger partial charge on any atom is -0.454 e. The summed E-state index contributed by atoms with van der Waals surface area (Å²) in [6.07, 6.45) is 2.09. The second kappa shape index (κ2) is 6.81. The number of Topliss-reactive ketones (excluding diaryl/α,β-unsaturated/α-hetero) is 1. The Hall–Kier alpha value is -3.39.